The molecule has 0 saturated carbocycles. The predicted molar refractivity (Wildman–Crippen MR) is 97.4 cm³/mol. The number of anilines is 1. The van der Waals surface area contributed by atoms with Gasteiger partial charge < -0.3 is 22.9 Å². The van der Waals surface area contributed by atoms with Crippen LogP contribution >= 0.6 is 7.74 Å². The number of nitriles is 1. The van der Waals surface area contributed by atoms with Crippen molar-refractivity contribution in [3.8, 4) is 6.07 Å². The van der Waals surface area contributed by atoms with Crippen molar-refractivity contribution >= 4 is 19.6 Å². The van der Waals surface area contributed by atoms with Crippen molar-refractivity contribution in [3.63, 3.8) is 0 Å². The highest BCUT2D eigenvalue weighted by Crippen LogP contribution is 2.55. The van der Waals surface area contributed by atoms with E-state index in [2.05, 4.69) is 9.73 Å². The molecule has 0 amide bonds. The second kappa shape index (κ2) is 9.83. The molecule has 0 atom stereocenters. The van der Waals surface area contributed by atoms with Crippen molar-refractivity contribution in [1.29, 1.82) is 5.26 Å². The summed E-state index contributed by atoms with van der Waals surface area (Å²) in [6.45, 7) is 7.77. The summed E-state index contributed by atoms with van der Waals surface area (Å²) in [5, 5.41) is 9.35. The normalized spacial score (nSPS) is 14.9. The fraction of sp³-hybridized carbons (Fsp3) is 0.688. The number of hydrogen-bond donors (Lipinski definition) is 0. The van der Waals surface area contributed by atoms with Gasteiger partial charge in [-0.3, -0.25) is 0 Å². The lowest BCUT2D eigenvalue weighted by Gasteiger charge is -2.26. The first kappa shape index (κ1) is 20.6. The molecule has 10 heteroatoms. The second-order valence-electron chi connectivity index (χ2n) is 5.46. The molecule has 1 aliphatic rings. The minimum atomic E-state index is -3.13. The molecule has 1 aromatic heterocycles. The Balaban J connectivity index is 2.58. The van der Waals surface area contributed by atoms with Crippen molar-refractivity contribution in [2.75, 3.05) is 37.8 Å². The van der Waals surface area contributed by atoms with Gasteiger partial charge in [-0.1, -0.05) is 0 Å². The maximum absolute atomic E-state index is 12.3. The first-order chi connectivity index (χ1) is 12.6. The van der Waals surface area contributed by atoms with E-state index in [4.69, 9.17) is 18.0 Å². The molecule has 1 aliphatic heterocycles. The van der Waals surface area contributed by atoms with Crippen LogP contribution in [-0.2, 0) is 13.6 Å². The third-order valence-electron chi connectivity index (χ3n) is 3.65. The minimum absolute atomic E-state index is 0.0620. The lowest BCUT2D eigenvalue weighted by Crippen LogP contribution is -2.31. The van der Waals surface area contributed by atoms with E-state index in [1.807, 2.05) is 11.0 Å². The van der Waals surface area contributed by atoms with Gasteiger partial charge in [0.1, 0.15) is 6.07 Å². The van der Waals surface area contributed by atoms with Gasteiger partial charge in [0, 0.05) is 13.1 Å². The highest BCUT2D eigenvalue weighted by atomic mass is 31.2. The van der Waals surface area contributed by atoms with Gasteiger partial charge in [0.25, 0.3) is 0 Å². The van der Waals surface area contributed by atoms with Crippen molar-refractivity contribution in [2.24, 2.45) is 4.74 Å². The number of nitrogens with zero attached hydrogens (tertiary/aromatic N) is 4. The Bertz CT molecular complexity index is 728. The highest BCUT2D eigenvalue weighted by Gasteiger charge is 2.26. The molecule has 1 aromatic rings. The first-order valence-electron chi connectivity index (χ1n) is 8.85. The quantitative estimate of drug-likeness (QED) is 0.625. The topological polar surface area (TPSA) is 110 Å². The molecule has 144 valence electrons. The van der Waals surface area contributed by atoms with Gasteiger partial charge in [0.15, 0.2) is 11.4 Å². The first-order valence-corrected chi connectivity index (χ1v) is 10.3. The van der Waals surface area contributed by atoms with Crippen LogP contribution in [0.4, 0.5) is 11.8 Å². The largest absolute Gasteiger partial charge is 0.388 e. The third kappa shape index (κ3) is 4.92. The van der Waals surface area contributed by atoms with Gasteiger partial charge >= 0.3 is 19.4 Å². The van der Waals surface area contributed by atoms with Crippen LogP contribution in [0.2, 0.25) is 0 Å². The summed E-state index contributed by atoms with van der Waals surface area (Å²) in [6.07, 6.45) is 3.11. The lowest BCUT2D eigenvalue weighted by molar-refractivity contribution is 0.163. The Labute approximate surface area is 153 Å². The SMILES string of the molecule is CCOP(=Nc1nc(N2CCCCC2)oc(=O)c1C#N)(OCC)OCC. The zero-order chi connectivity index (χ0) is 19.0. The van der Waals surface area contributed by atoms with Crippen molar-refractivity contribution in [3.05, 3.63) is 16.0 Å². The van der Waals surface area contributed by atoms with Crippen LogP contribution in [0.3, 0.4) is 0 Å². The zero-order valence-corrected chi connectivity index (χ0v) is 16.3. The molecule has 9 nitrogen and oxygen atoms in total. The van der Waals surface area contributed by atoms with Crippen LogP contribution in [0.15, 0.2) is 14.0 Å². The summed E-state index contributed by atoms with van der Waals surface area (Å²) < 4.78 is 26.5. The van der Waals surface area contributed by atoms with Crippen molar-refractivity contribution in [2.45, 2.75) is 40.0 Å². The number of aromatic nitrogens is 1. The van der Waals surface area contributed by atoms with Gasteiger partial charge in [-0.15, -0.1) is 0 Å². The van der Waals surface area contributed by atoms with E-state index >= 15 is 0 Å². The van der Waals surface area contributed by atoms with Crippen LogP contribution in [0.1, 0.15) is 45.6 Å². The van der Waals surface area contributed by atoms with E-state index in [1.165, 1.54) is 0 Å². The molecule has 2 rings (SSSR count). The molecular weight excluding hydrogens is 359 g/mol. The molecular formula is C16H25N4O5P. The second-order valence-corrected chi connectivity index (χ2v) is 7.38. The molecule has 0 aliphatic carbocycles. The van der Waals surface area contributed by atoms with Crippen LogP contribution in [0.25, 0.3) is 0 Å². The number of piperidine rings is 1. The number of rotatable bonds is 8. The summed E-state index contributed by atoms with van der Waals surface area (Å²) in [5.74, 6) is -0.0620. The van der Waals surface area contributed by atoms with Crippen LogP contribution in [0, 0.1) is 11.3 Å². The minimum Gasteiger partial charge on any atom is -0.388 e. The summed E-state index contributed by atoms with van der Waals surface area (Å²) in [7, 11) is -3.13. The van der Waals surface area contributed by atoms with E-state index in [-0.39, 0.29) is 17.4 Å². The van der Waals surface area contributed by atoms with Gasteiger partial charge in [0.2, 0.25) is 0 Å². The van der Waals surface area contributed by atoms with Gasteiger partial charge in [-0.2, -0.15) is 15.0 Å². The Hall–Kier alpha value is -1.72. The van der Waals surface area contributed by atoms with E-state index < -0.39 is 13.4 Å². The molecule has 1 saturated heterocycles. The molecule has 0 aromatic carbocycles. The molecule has 0 radical (unpaired) electrons. The third-order valence-corrected chi connectivity index (χ3v) is 5.83. The predicted octanol–water partition coefficient (Wildman–Crippen LogP) is 3.58. The smallest absolute Gasteiger partial charge is 0.362 e. The molecule has 2 heterocycles. The number of hydrogen-bond acceptors (Lipinski definition) is 9. The van der Waals surface area contributed by atoms with Gasteiger partial charge in [-0.05, 0) is 40.0 Å². The van der Waals surface area contributed by atoms with Crippen LogP contribution < -0.4 is 10.5 Å². The standard InChI is InChI=1S/C16H25N4O5P/c1-4-22-26(23-5-2,24-6-3)19-14-13(12-17)15(21)25-16(18-14)20-10-8-7-9-11-20/h4-11H2,1-3H3. The van der Waals surface area contributed by atoms with Crippen LogP contribution in [-0.4, -0.2) is 37.9 Å². The fourth-order valence-corrected chi connectivity index (χ4v) is 4.34. The van der Waals surface area contributed by atoms with E-state index in [0.717, 1.165) is 32.4 Å². The Morgan fingerprint density at radius 3 is 2.23 bits per heavy atom. The lowest BCUT2D eigenvalue weighted by atomic mass is 10.1. The Morgan fingerprint density at radius 1 is 1.15 bits per heavy atom. The average Bonchev–Trinajstić information content (AvgIpc) is 2.63. The summed E-state index contributed by atoms with van der Waals surface area (Å²) in [6, 6.07) is 1.98. The summed E-state index contributed by atoms with van der Waals surface area (Å²) >= 11 is 0. The fourth-order valence-electron chi connectivity index (χ4n) is 2.59. The van der Waals surface area contributed by atoms with Crippen LogP contribution in [0.5, 0.6) is 0 Å². The van der Waals surface area contributed by atoms with Gasteiger partial charge in [0.05, 0.1) is 19.8 Å². The van der Waals surface area contributed by atoms with Crippen molar-refractivity contribution < 1.29 is 18.0 Å². The monoisotopic (exact) mass is 384 g/mol. The molecule has 0 bridgehead atoms. The maximum Gasteiger partial charge on any atom is 0.362 e. The van der Waals surface area contributed by atoms with E-state index in [1.54, 1.807) is 20.8 Å². The van der Waals surface area contributed by atoms with Crippen molar-refractivity contribution in [1.82, 2.24) is 4.98 Å². The summed E-state index contributed by atoms with van der Waals surface area (Å²) in [5.41, 5.74) is -1.06. The molecule has 0 spiro atoms. The molecule has 1 fully saturated rings. The van der Waals surface area contributed by atoms with E-state index in [0.29, 0.717) is 19.8 Å². The highest BCUT2D eigenvalue weighted by molar-refractivity contribution is 7.51. The maximum atomic E-state index is 12.3. The Kier molecular flexibility index (Phi) is 7.79. The molecule has 26 heavy (non-hydrogen) atoms. The Morgan fingerprint density at radius 2 is 1.73 bits per heavy atom. The van der Waals surface area contributed by atoms with Gasteiger partial charge in [-0.25, -0.2) is 4.79 Å². The average molecular weight is 384 g/mol. The van der Waals surface area contributed by atoms with E-state index in [9.17, 15) is 10.1 Å². The summed E-state index contributed by atoms with van der Waals surface area (Å²) in [4.78, 5) is 18.5. The zero-order valence-electron chi connectivity index (χ0n) is 15.4. The molecule has 0 N–H and O–H groups in total. The molecule has 0 unspecified atom stereocenters.